The summed E-state index contributed by atoms with van der Waals surface area (Å²) in [4.78, 5) is 109. The molecule has 1 aromatic carbocycles. The zero-order valence-electron chi connectivity index (χ0n) is 38.1. The largest absolute Gasteiger partial charge is 0.454 e. The highest BCUT2D eigenvalue weighted by Gasteiger charge is 2.42. The summed E-state index contributed by atoms with van der Waals surface area (Å²) in [6.07, 6.45) is -2.73. The maximum Gasteiger partial charge on any atom is 0.329 e. The van der Waals surface area contributed by atoms with Gasteiger partial charge in [-0.3, -0.25) is 33.6 Å². The average Bonchev–Trinajstić information content (AvgIpc) is 3.22. The maximum atomic E-state index is 13.9. The van der Waals surface area contributed by atoms with Gasteiger partial charge >= 0.3 is 5.97 Å². The van der Waals surface area contributed by atoms with Gasteiger partial charge in [0.05, 0.1) is 12.6 Å². The Hall–Kier alpha value is -5.22. The van der Waals surface area contributed by atoms with Crippen LogP contribution in [0.2, 0.25) is 0 Å². The number of rotatable bonds is 22. The van der Waals surface area contributed by atoms with E-state index in [9.17, 15) is 48.6 Å². The minimum Gasteiger partial charge on any atom is -0.454 e. The monoisotopic (exact) mass is 905 g/mol. The maximum absolute atomic E-state index is 13.9. The van der Waals surface area contributed by atoms with Crippen LogP contribution in [-0.2, 0) is 49.5 Å². The normalized spacial score (nSPS) is 22.2. The zero-order chi connectivity index (χ0) is 48.3. The van der Waals surface area contributed by atoms with Crippen LogP contribution in [0.15, 0.2) is 30.3 Å². The van der Waals surface area contributed by atoms with Gasteiger partial charge in [0.1, 0.15) is 48.5 Å². The Balaban J connectivity index is 2.42. The van der Waals surface area contributed by atoms with E-state index >= 15 is 0 Å². The highest BCUT2D eigenvalue weighted by Crippen LogP contribution is 2.15. The molecule has 1 fully saturated rings. The van der Waals surface area contributed by atoms with Gasteiger partial charge in [-0.25, -0.2) is 4.79 Å². The Morgan fingerprint density at radius 1 is 0.719 bits per heavy atom. The molecular weight excluding hydrogens is 833 g/mol. The van der Waals surface area contributed by atoms with Crippen molar-refractivity contribution in [2.24, 2.45) is 35.0 Å². The van der Waals surface area contributed by atoms with E-state index in [0.29, 0.717) is 12.8 Å². The van der Waals surface area contributed by atoms with E-state index < -0.39 is 115 Å². The second-order valence-corrected chi connectivity index (χ2v) is 17.6. The molecule has 1 saturated heterocycles. The highest BCUT2D eigenvalue weighted by atomic mass is 16.6. The molecule has 0 spiro atoms. The fourth-order valence-corrected chi connectivity index (χ4v) is 6.87. The van der Waals surface area contributed by atoms with Crippen LogP contribution in [0.4, 0.5) is 0 Å². The van der Waals surface area contributed by atoms with E-state index in [-0.39, 0.29) is 56.4 Å². The number of unbranched alkanes of at least 4 members (excludes halogenated alkanes) is 1. The van der Waals surface area contributed by atoms with Gasteiger partial charge in [-0.2, -0.15) is 0 Å². The SMILES string of the molecule is CC(C)C[C@@H]1NC(=O)[C@@H](C)NC(=O)[C@@H](NC(=O)[C@H](CO)NC(=O)[C@@H](CCCCN)NC(=O)[C@@H](CC(C)C)NC(=O)[C@H](N)Cc2ccccc2)[C@H](C(N)O)OC(=O)[C@@H](CC(C)C)NC1=O. The summed E-state index contributed by atoms with van der Waals surface area (Å²) < 4.78 is 5.55. The van der Waals surface area contributed by atoms with E-state index in [1.807, 2.05) is 58.0 Å². The molecule has 0 bridgehead atoms. The van der Waals surface area contributed by atoms with Crippen molar-refractivity contribution in [3.8, 4) is 0 Å². The smallest absolute Gasteiger partial charge is 0.329 e. The predicted molar refractivity (Wildman–Crippen MR) is 236 cm³/mol. The summed E-state index contributed by atoms with van der Waals surface area (Å²) in [5, 5.41) is 38.6. The Bertz CT molecular complexity index is 1710. The quantitative estimate of drug-likeness (QED) is 0.0324. The van der Waals surface area contributed by atoms with Crippen LogP contribution in [0.5, 0.6) is 0 Å². The number of aliphatic hydroxyl groups is 2. The van der Waals surface area contributed by atoms with Gasteiger partial charge in [0, 0.05) is 0 Å². The lowest BCUT2D eigenvalue weighted by Crippen LogP contribution is -2.65. The van der Waals surface area contributed by atoms with E-state index in [1.165, 1.54) is 6.92 Å². The number of nitrogens with one attached hydrogen (secondary N) is 7. The number of aliphatic hydroxyl groups excluding tert-OH is 2. The Morgan fingerprint density at radius 3 is 1.84 bits per heavy atom. The molecule has 1 aliphatic heterocycles. The molecule has 10 atom stereocenters. The summed E-state index contributed by atoms with van der Waals surface area (Å²) in [6, 6.07) is -1.97. The van der Waals surface area contributed by atoms with Crippen molar-refractivity contribution in [1.82, 2.24) is 37.2 Å². The van der Waals surface area contributed by atoms with Crippen molar-refractivity contribution < 1.29 is 53.3 Å². The number of esters is 1. The molecular formula is C43H72N10O11. The third-order valence-corrected chi connectivity index (χ3v) is 10.3. The Labute approximate surface area is 375 Å². The van der Waals surface area contributed by atoms with Crippen molar-refractivity contribution in [2.45, 2.75) is 154 Å². The van der Waals surface area contributed by atoms with Crippen molar-refractivity contribution in [2.75, 3.05) is 13.2 Å². The highest BCUT2D eigenvalue weighted by molar-refractivity contribution is 5.98. The first-order chi connectivity index (χ1) is 30.1. The van der Waals surface area contributed by atoms with Gasteiger partial charge < -0.3 is 69.4 Å². The number of ether oxygens (including phenoxy) is 1. The number of amides is 7. The topological polar surface area (TPSA) is 349 Å². The number of carbonyl (C=O) groups is 8. The van der Waals surface area contributed by atoms with Gasteiger partial charge in [-0.05, 0) is 81.7 Å². The van der Waals surface area contributed by atoms with Crippen LogP contribution >= 0.6 is 0 Å². The first-order valence-electron chi connectivity index (χ1n) is 21.9. The molecule has 1 unspecified atom stereocenters. The first kappa shape index (κ1) is 54.9. The fraction of sp³-hybridized carbons (Fsp3) is 0.674. The molecule has 64 heavy (non-hydrogen) atoms. The van der Waals surface area contributed by atoms with Gasteiger partial charge in [0.15, 0.2) is 6.10 Å². The molecule has 0 aromatic heterocycles. The lowest BCUT2D eigenvalue weighted by molar-refractivity contribution is -0.164. The summed E-state index contributed by atoms with van der Waals surface area (Å²) in [5.41, 5.74) is 18.5. The molecule has 7 amide bonds. The first-order valence-corrected chi connectivity index (χ1v) is 21.9. The third-order valence-electron chi connectivity index (χ3n) is 10.3. The molecule has 1 aromatic rings. The second-order valence-electron chi connectivity index (χ2n) is 17.6. The molecule has 0 aliphatic carbocycles. The van der Waals surface area contributed by atoms with Crippen LogP contribution in [0.3, 0.4) is 0 Å². The Morgan fingerprint density at radius 2 is 1.28 bits per heavy atom. The summed E-state index contributed by atoms with van der Waals surface area (Å²) >= 11 is 0. The molecule has 21 nitrogen and oxygen atoms in total. The summed E-state index contributed by atoms with van der Waals surface area (Å²) in [6.45, 7) is 11.4. The molecule has 1 aliphatic rings. The zero-order valence-corrected chi connectivity index (χ0v) is 38.1. The average molecular weight is 905 g/mol. The van der Waals surface area contributed by atoms with Crippen LogP contribution in [0.25, 0.3) is 0 Å². The van der Waals surface area contributed by atoms with Gasteiger partial charge in [0.2, 0.25) is 41.4 Å². The standard InChI is InChI=1S/C43H72N10O11/c1-22(2)17-29-40(60)51-31(19-24(5)6)43(63)64-34(35(46)55)33(42(62)47-25(7)36(56)49-29)53-41(61)32(21-54)52-38(58)28(15-11-12-16-44)48-39(59)30(18-23(3)4)50-37(57)27(45)20-26-13-9-8-10-14-26/h8-10,13-14,22-25,27-35,54-55H,11-12,15-21,44-46H2,1-7H3,(H,47,62)(H,48,59)(H,49,56)(H,50,57)(H,51,60)(H,52,58)(H,53,61)/t25-,27-,28-,29+,30-,31-,32+,33+,34-,35?/m1/s1. The lowest BCUT2D eigenvalue weighted by atomic mass is 10.00. The molecule has 360 valence electrons. The lowest BCUT2D eigenvalue weighted by Gasteiger charge is -2.32. The predicted octanol–water partition coefficient (Wildman–Crippen LogP) is -2.57. The fourth-order valence-electron chi connectivity index (χ4n) is 6.87. The van der Waals surface area contributed by atoms with Crippen LogP contribution < -0.4 is 54.4 Å². The minimum absolute atomic E-state index is 0.0267. The van der Waals surface area contributed by atoms with Gasteiger partial charge in [-0.15, -0.1) is 0 Å². The molecule has 0 saturated carbocycles. The van der Waals surface area contributed by atoms with E-state index in [4.69, 9.17) is 21.9 Å². The van der Waals surface area contributed by atoms with Crippen molar-refractivity contribution in [1.29, 1.82) is 0 Å². The number of nitrogens with two attached hydrogens (primary N) is 3. The number of hydrogen-bond donors (Lipinski definition) is 12. The number of cyclic esters (lactones) is 1. The third kappa shape index (κ3) is 18.5. The molecule has 2 rings (SSSR count). The molecule has 21 heteroatoms. The van der Waals surface area contributed by atoms with E-state index in [0.717, 1.165) is 5.56 Å². The molecule has 1 heterocycles. The van der Waals surface area contributed by atoms with E-state index in [2.05, 4.69) is 37.2 Å². The van der Waals surface area contributed by atoms with Crippen molar-refractivity contribution in [3.05, 3.63) is 35.9 Å². The number of hydrogen-bond acceptors (Lipinski definition) is 14. The Kier molecular flexibility index (Phi) is 23.3. The van der Waals surface area contributed by atoms with Crippen LogP contribution in [0, 0.1) is 17.8 Å². The number of benzene rings is 1. The van der Waals surface area contributed by atoms with Gasteiger partial charge in [0.25, 0.3) is 0 Å². The number of carbonyl (C=O) groups excluding carboxylic acids is 8. The van der Waals surface area contributed by atoms with Gasteiger partial charge in [-0.1, -0.05) is 71.9 Å². The van der Waals surface area contributed by atoms with Crippen molar-refractivity contribution in [3.63, 3.8) is 0 Å². The molecule has 0 radical (unpaired) electrons. The van der Waals surface area contributed by atoms with Crippen LogP contribution in [-0.4, -0.2) is 131 Å². The molecule has 15 N–H and O–H groups in total. The summed E-state index contributed by atoms with van der Waals surface area (Å²) in [5.74, 6) is -7.55. The van der Waals surface area contributed by atoms with Crippen LogP contribution in [0.1, 0.15) is 92.6 Å². The minimum atomic E-state index is -2.13. The summed E-state index contributed by atoms with van der Waals surface area (Å²) in [7, 11) is 0. The van der Waals surface area contributed by atoms with E-state index in [1.54, 1.807) is 13.8 Å². The van der Waals surface area contributed by atoms with Crippen molar-refractivity contribution >= 4 is 47.3 Å². The second kappa shape index (κ2) is 27.2.